The number of aromatic nitrogens is 3. The number of piperazine rings is 1. The van der Waals surface area contributed by atoms with Gasteiger partial charge < -0.3 is 24.0 Å². The predicted molar refractivity (Wildman–Crippen MR) is 129 cm³/mol. The maximum Gasteiger partial charge on any atom is 0.409 e. The molecule has 0 N–H and O–H groups in total. The summed E-state index contributed by atoms with van der Waals surface area (Å²) in [4.78, 5) is 28.2. The van der Waals surface area contributed by atoms with Crippen LogP contribution in [-0.2, 0) is 9.53 Å². The lowest BCUT2D eigenvalue weighted by atomic mass is 10.2. The molecule has 2 aliphatic rings. The Bertz CT molecular complexity index is 1210. The van der Waals surface area contributed by atoms with Gasteiger partial charge in [-0.3, -0.25) is 9.36 Å². The Morgan fingerprint density at radius 2 is 1.71 bits per heavy atom. The number of carbonyl (C=O) groups excluding carboxylic acids is 2. The van der Waals surface area contributed by atoms with Crippen LogP contribution in [0.4, 0.5) is 4.79 Å². The molecule has 2 amide bonds. The van der Waals surface area contributed by atoms with Gasteiger partial charge >= 0.3 is 6.09 Å². The van der Waals surface area contributed by atoms with Gasteiger partial charge in [0.2, 0.25) is 12.7 Å². The Labute approximate surface area is 206 Å². The van der Waals surface area contributed by atoms with Crippen LogP contribution in [0.5, 0.6) is 11.5 Å². The first-order valence-electron chi connectivity index (χ1n) is 11.4. The number of para-hydroxylation sites is 1. The fraction of sp³-hybridized carbons (Fsp3) is 0.333. The number of carbonyl (C=O) groups is 2. The van der Waals surface area contributed by atoms with Gasteiger partial charge in [0.05, 0.1) is 12.4 Å². The monoisotopic (exact) mass is 495 g/mol. The third-order valence-corrected chi connectivity index (χ3v) is 6.68. The molecule has 0 radical (unpaired) electrons. The van der Waals surface area contributed by atoms with E-state index in [9.17, 15) is 9.59 Å². The molecule has 10 nitrogen and oxygen atoms in total. The van der Waals surface area contributed by atoms with Crippen LogP contribution in [0.25, 0.3) is 17.1 Å². The van der Waals surface area contributed by atoms with Crippen LogP contribution >= 0.6 is 11.8 Å². The molecule has 35 heavy (non-hydrogen) atoms. The van der Waals surface area contributed by atoms with E-state index in [1.54, 1.807) is 16.7 Å². The van der Waals surface area contributed by atoms with Crippen LogP contribution in [0.1, 0.15) is 6.92 Å². The molecule has 182 valence electrons. The van der Waals surface area contributed by atoms with E-state index in [0.717, 1.165) is 11.3 Å². The largest absolute Gasteiger partial charge is 0.454 e. The van der Waals surface area contributed by atoms with Gasteiger partial charge in [0.15, 0.2) is 22.5 Å². The number of amides is 2. The van der Waals surface area contributed by atoms with Gasteiger partial charge in [-0.2, -0.15) is 0 Å². The number of ether oxygens (including phenoxy) is 3. The fourth-order valence-corrected chi connectivity index (χ4v) is 4.82. The first-order valence-corrected chi connectivity index (χ1v) is 12.4. The zero-order chi connectivity index (χ0) is 24.2. The number of hydrogen-bond donors (Lipinski definition) is 0. The van der Waals surface area contributed by atoms with Crippen molar-refractivity contribution in [3.8, 4) is 28.6 Å². The highest BCUT2D eigenvalue weighted by molar-refractivity contribution is 7.99. The second kappa shape index (κ2) is 10.3. The molecule has 0 bridgehead atoms. The Morgan fingerprint density at radius 1 is 0.971 bits per heavy atom. The van der Waals surface area contributed by atoms with E-state index >= 15 is 0 Å². The first-order chi connectivity index (χ1) is 17.1. The summed E-state index contributed by atoms with van der Waals surface area (Å²) < 4.78 is 17.9. The summed E-state index contributed by atoms with van der Waals surface area (Å²) in [6, 6.07) is 15.4. The Balaban J connectivity index is 1.31. The van der Waals surface area contributed by atoms with Crippen LogP contribution in [0.3, 0.4) is 0 Å². The predicted octanol–water partition coefficient (Wildman–Crippen LogP) is 3.06. The van der Waals surface area contributed by atoms with Crippen molar-refractivity contribution in [3.63, 3.8) is 0 Å². The fourth-order valence-electron chi connectivity index (χ4n) is 3.97. The summed E-state index contributed by atoms with van der Waals surface area (Å²) in [7, 11) is 0. The third-order valence-electron chi connectivity index (χ3n) is 5.76. The van der Waals surface area contributed by atoms with Gasteiger partial charge in [-0.1, -0.05) is 30.0 Å². The number of fused-ring (bicyclic) bond motifs is 1. The van der Waals surface area contributed by atoms with Gasteiger partial charge in [0.1, 0.15) is 0 Å². The molecule has 3 heterocycles. The number of benzene rings is 2. The van der Waals surface area contributed by atoms with Gasteiger partial charge in [-0.05, 0) is 37.3 Å². The summed E-state index contributed by atoms with van der Waals surface area (Å²) >= 11 is 1.34. The van der Waals surface area contributed by atoms with Crippen molar-refractivity contribution in [1.29, 1.82) is 0 Å². The smallest absolute Gasteiger partial charge is 0.409 e. The topological polar surface area (TPSA) is 99.0 Å². The Hall–Kier alpha value is -3.73. The van der Waals surface area contributed by atoms with Crippen LogP contribution in [0.15, 0.2) is 53.7 Å². The minimum absolute atomic E-state index is 0.00856. The molecule has 0 aliphatic carbocycles. The van der Waals surface area contributed by atoms with E-state index in [1.807, 2.05) is 53.1 Å². The molecule has 0 unspecified atom stereocenters. The summed E-state index contributed by atoms with van der Waals surface area (Å²) in [6.07, 6.45) is -0.332. The third kappa shape index (κ3) is 4.90. The maximum absolute atomic E-state index is 12.9. The normalized spacial score (nSPS) is 14.8. The van der Waals surface area contributed by atoms with Crippen LogP contribution < -0.4 is 9.47 Å². The van der Waals surface area contributed by atoms with Crippen molar-refractivity contribution in [3.05, 3.63) is 48.5 Å². The molecule has 0 atom stereocenters. The van der Waals surface area contributed by atoms with Gasteiger partial charge in [0, 0.05) is 37.4 Å². The standard InChI is InChI=1S/C24H25N5O5S/c1-2-32-24(31)28-12-10-27(11-13-28)21(30)15-35-23-26-25-22(29(23)18-6-4-3-5-7-18)17-8-9-19-20(14-17)34-16-33-19/h3-9,14H,2,10-13,15-16H2,1H3. The molecule has 5 rings (SSSR count). The van der Waals surface area contributed by atoms with E-state index < -0.39 is 0 Å². The lowest BCUT2D eigenvalue weighted by molar-refractivity contribution is -0.129. The lowest BCUT2D eigenvalue weighted by Crippen LogP contribution is -2.51. The zero-order valence-electron chi connectivity index (χ0n) is 19.3. The van der Waals surface area contributed by atoms with Crippen molar-refractivity contribution < 1.29 is 23.8 Å². The molecule has 1 aromatic heterocycles. The Morgan fingerprint density at radius 3 is 2.49 bits per heavy atom. The van der Waals surface area contributed by atoms with Crippen molar-refractivity contribution >= 4 is 23.8 Å². The number of hydrogen-bond acceptors (Lipinski definition) is 8. The highest BCUT2D eigenvalue weighted by atomic mass is 32.2. The van der Waals surface area contributed by atoms with E-state index in [4.69, 9.17) is 14.2 Å². The molecule has 2 aromatic carbocycles. The number of nitrogens with zero attached hydrogens (tertiary/aromatic N) is 5. The molecule has 1 fully saturated rings. The summed E-state index contributed by atoms with van der Waals surface area (Å²) in [5, 5.41) is 9.45. The molecule has 11 heteroatoms. The maximum atomic E-state index is 12.9. The molecular weight excluding hydrogens is 470 g/mol. The highest BCUT2D eigenvalue weighted by Gasteiger charge is 2.26. The minimum Gasteiger partial charge on any atom is -0.454 e. The van der Waals surface area contributed by atoms with E-state index in [1.165, 1.54) is 11.8 Å². The quantitative estimate of drug-likeness (QED) is 0.481. The zero-order valence-corrected chi connectivity index (χ0v) is 20.1. The van der Waals surface area contributed by atoms with Crippen molar-refractivity contribution in [2.45, 2.75) is 12.1 Å². The molecule has 1 saturated heterocycles. The van der Waals surface area contributed by atoms with Gasteiger partial charge in [-0.25, -0.2) is 4.79 Å². The minimum atomic E-state index is -0.332. The van der Waals surface area contributed by atoms with Gasteiger partial charge in [-0.15, -0.1) is 10.2 Å². The molecule has 3 aromatic rings. The SMILES string of the molecule is CCOC(=O)N1CCN(C(=O)CSc2nnc(-c3ccc4c(c3)OCO4)n2-c2ccccc2)CC1. The molecule has 0 saturated carbocycles. The van der Waals surface area contributed by atoms with E-state index in [0.29, 0.717) is 55.3 Å². The molecule has 0 spiro atoms. The van der Waals surface area contributed by atoms with Crippen molar-refractivity contribution in [2.75, 3.05) is 45.3 Å². The molecular formula is C24H25N5O5S. The van der Waals surface area contributed by atoms with Crippen LogP contribution in [-0.4, -0.2) is 81.9 Å². The lowest BCUT2D eigenvalue weighted by Gasteiger charge is -2.34. The van der Waals surface area contributed by atoms with Gasteiger partial charge in [0.25, 0.3) is 0 Å². The average molecular weight is 496 g/mol. The first kappa shape index (κ1) is 23.0. The van der Waals surface area contributed by atoms with Crippen LogP contribution in [0.2, 0.25) is 0 Å². The van der Waals surface area contributed by atoms with Crippen molar-refractivity contribution in [2.24, 2.45) is 0 Å². The van der Waals surface area contributed by atoms with Crippen LogP contribution in [0, 0.1) is 0 Å². The summed E-state index contributed by atoms with van der Waals surface area (Å²) in [5.41, 5.74) is 1.72. The van der Waals surface area contributed by atoms with E-state index in [-0.39, 0.29) is 24.5 Å². The second-order valence-electron chi connectivity index (χ2n) is 7.90. The van der Waals surface area contributed by atoms with Crippen molar-refractivity contribution in [1.82, 2.24) is 24.6 Å². The second-order valence-corrected chi connectivity index (χ2v) is 8.84. The number of rotatable bonds is 6. The average Bonchev–Trinajstić information content (AvgIpc) is 3.54. The van der Waals surface area contributed by atoms with E-state index in [2.05, 4.69) is 10.2 Å². The number of thioether (sulfide) groups is 1. The Kier molecular flexibility index (Phi) is 6.75. The highest BCUT2D eigenvalue weighted by Crippen LogP contribution is 2.37. The molecule has 2 aliphatic heterocycles. The summed E-state index contributed by atoms with van der Waals surface area (Å²) in [6.45, 7) is 4.19. The summed E-state index contributed by atoms with van der Waals surface area (Å²) in [5.74, 6) is 2.21.